The van der Waals surface area contributed by atoms with E-state index in [1.54, 1.807) is 0 Å². The first-order valence-corrected chi connectivity index (χ1v) is 17.1. The van der Waals surface area contributed by atoms with Crippen molar-refractivity contribution in [2.24, 2.45) is 0 Å². The van der Waals surface area contributed by atoms with Gasteiger partial charge in [-0.25, -0.2) is 0 Å². The summed E-state index contributed by atoms with van der Waals surface area (Å²) >= 11 is 0. The Bertz CT molecular complexity index is 875. The molecule has 0 aromatic heterocycles. The molecule has 0 rings (SSSR count). The minimum atomic E-state index is -0.992. The van der Waals surface area contributed by atoms with Crippen LogP contribution in [0.1, 0.15) is 129 Å². The first-order chi connectivity index (χ1) is 21.6. The summed E-state index contributed by atoms with van der Waals surface area (Å²) in [5, 5.41) is 9.97. The van der Waals surface area contributed by atoms with Gasteiger partial charge in [0.15, 0.2) is 0 Å². The lowest BCUT2D eigenvalue weighted by atomic mass is 10.1. The van der Waals surface area contributed by atoms with E-state index in [2.05, 4.69) is 98.9 Å². The van der Waals surface area contributed by atoms with Gasteiger partial charge in [-0.1, -0.05) is 118 Å². The van der Waals surface area contributed by atoms with E-state index in [0.717, 1.165) is 96.3 Å². The van der Waals surface area contributed by atoms with E-state index in [0.29, 0.717) is 12.8 Å². The van der Waals surface area contributed by atoms with E-state index >= 15 is 0 Å². The van der Waals surface area contributed by atoms with Crippen LogP contribution in [-0.4, -0.2) is 36.4 Å². The first kappa shape index (κ1) is 41.1. The van der Waals surface area contributed by atoms with Crippen molar-refractivity contribution in [2.45, 2.75) is 136 Å². The van der Waals surface area contributed by atoms with Crippen molar-refractivity contribution in [3.63, 3.8) is 0 Å². The van der Waals surface area contributed by atoms with Crippen LogP contribution in [0.2, 0.25) is 0 Å². The number of aliphatic hydroxyl groups is 1. The number of hydrogen-bond donors (Lipinski definition) is 1. The summed E-state index contributed by atoms with van der Waals surface area (Å²) in [6.07, 6.45) is 46.3. The predicted octanol–water partition coefficient (Wildman–Crippen LogP) is 10.4. The van der Waals surface area contributed by atoms with Gasteiger partial charge in [-0.15, -0.1) is 0 Å². The molecule has 248 valence electrons. The molecule has 0 aliphatic rings. The molecule has 0 spiro atoms. The Balaban J connectivity index is 3.59. The van der Waals surface area contributed by atoms with Crippen molar-refractivity contribution in [1.82, 2.24) is 0 Å². The molecule has 0 aromatic carbocycles. The highest BCUT2D eigenvalue weighted by atomic mass is 16.6. The summed E-state index contributed by atoms with van der Waals surface area (Å²) in [6, 6.07) is 0. The number of unbranched alkanes of at least 4 members (excludes halogenated alkanes) is 7. The van der Waals surface area contributed by atoms with Crippen LogP contribution in [0.25, 0.3) is 0 Å². The molecule has 0 radical (unpaired) electrons. The third-order valence-electron chi connectivity index (χ3n) is 6.63. The lowest BCUT2D eigenvalue weighted by Gasteiger charge is -2.12. The van der Waals surface area contributed by atoms with Crippen LogP contribution in [0.3, 0.4) is 0 Å². The Labute approximate surface area is 269 Å². The second-order valence-electron chi connectivity index (χ2n) is 10.9. The zero-order valence-corrected chi connectivity index (χ0v) is 27.9. The maximum Gasteiger partial charge on any atom is 0.305 e. The quantitative estimate of drug-likeness (QED) is 0.0518. The molecule has 5 nitrogen and oxygen atoms in total. The minimum Gasteiger partial charge on any atom is -0.463 e. The van der Waals surface area contributed by atoms with Crippen LogP contribution < -0.4 is 0 Å². The zero-order valence-electron chi connectivity index (χ0n) is 27.9. The number of allylic oxidation sites excluding steroid dienone is 14. The van der Waals surface area contributed by atoms with Gasteiger partial charge in [0, 0.05) is 12.8 Å². The molecule has 0 saturated heterocycles. The second-order valence-corrected chi connectivity index (χ2v) is 10.9. The summed E-state index contributed by atoms with van der Waals surface area (Å²) in [7, 11) is 0. The molecule has 0 aliphatic carbocycles. The molecule has 0 fully saturated rings. The molecule has 0 aromatic rings. The van der Waals surface area contributed by atoms with Gasteiger partial charge >= 0.3 is 11.9 Å². The van der Waals surface area contributed by atoms with E-state index < -0.39 is 6.10 Å². The molecule has 0 saturated carbocycles. The van der Waals surface area contributed by atoms with Gasteiger partial charge in [-0.05, 0) is 83.5 Å². The third-order valence-corrected chi connectivity index (χ3v) is 6.63. The fourth-order valence-corrected chi connectivity index (χ4v) is 4.09. The van der Waals surface area contributed by atoms with Gasteiger partial charge in [-0.3, -0.25) is 9.59 Å². The molecule has 1 N–H and O–H groups in total. The van der Waals surface area contributed by atoms with Crippen molar-refractivity contribution in [3.05, 3.63) is 85.1 Å². The van der Waals surface area contributed by atoms with Gasteiger partial charge in [0.1, 0.15) is 19.3 Å². The summed E-state index contributed by atoms with van der Waals surface area (Å²) in [5.41, 5.74) is 0. The number of esters is 2. The van der Waals surface area contributed by atoms with Crippen LogP contribution in [-0.2, 0) is 19.1 Å². The normalized spacial score (nSPS) is 13.2. The summed E-state index contributed by atoms with van der Waals surface area (Å²) < 4.78 is 10.2. The number of ether oxygens (including phenoxy) is 2. The molecule has 0 unspecified atom stereocenters. The standard InChI is InChI=1S/C39H62O5/c1-3-5-7-9-11-13-15-17-19-21-23-25-27-29-31-33-38(41)43-35-37(40)36-44-39(42)34-32-30-28-26-24-22-20-18-16-14-12-10-8-6-4-2/h5-8,11-14,17-20,23,25,37,40H,3-4,9-10,15-16,21-22,24,26-36H2,1-2H3/b7-5-,8-6-,13-11-,14-12-,19-17-,20-18-,25-23-/t37-/m0/s1. The van der Waals surface area contributed by atoms with Crippen LogP contribution in [0.4, 0.5) is 0 Å². The molecular formula is C39H62O5. The van der Waals surface area contributed by atoms with Crippen LogP contribution in [0, 0.1) is 0 Å². The Morgan fingerprint density at radius 1 is 0.477 bits per heavy atom. The molecule has 5 heteroatoms. The fourth-order valence-electron chi connectivity index (χ4n) is 4.09. The SMILES string of the molecule is CC/C=C\C/C=C\C/C=C\C/C=C\CCCCC(=O)OC[C@H](O)COC(=O)CCCCCCC/C=C\C/C=C\C/C=C\CC. The molecule has 44 heavy (non-hydrogen) atoms. The van der Waals surface area contributed by atoms with Crippen molar-refractivity contribution in [3.8, 4) is 0 Å². The summed E-state index contributed by atoms with van der Waals surface area (Å²) in [6.45, 7) is 3.99. The van der Waals surface area contributed by atoms with E-state index in [4.69, 9.17) is 9.47 Å². The molecule has 0 heterocycles. The molecule has 1 atom stereocenters. The molecule has 0 amide bonds. The number of hydrogen-bond acceptors (Lipinski definition) is 5. The molecule has 0 aliphatic heterocycles. The van der Waals surface area contributed by atoms with Crippen molar-refractivity contribution < 1.29 is 24.2 Å². The zero-order chi connectivity index (χ0) is 32.2. The topological polar surface area (TPSA) is 72.8 Å². The number of aliphatic hydroxyl groups excluding tert-OH is 1. The van der Waals surface area contributed by atoms with Gasteiger partial charge < -0.3 is 14.6 Å². The Kier molecular flexibility index (Phi) is 32.3. The Morgan fingerprint density at radius 2 is 0.795 bits per heavy atom. The fraction of sp³-hybridized carbons (Fsp3) is 0.590. The van der Waals surface area contributed by atoms with Crippen LogP contribution in [0.15, 0.2) is 85.1 Å². The summed E-state index contributed by atoms with van der Waals surface area (Å²) in [5.74, 6) is -0.643. The lowest BCUT2D eigenvalue weighted by molar-refractivity contribution is -0.152. The monoisotopic (exact) mass is 610 g/mol. The number of carbonyl (C=O) groups excluding carboxylic acids is 2. The van der Waals surface area contributed by atoms with Crippen LogP contribution >= 0.6 is 0 Å². The van der Waals surface area contributed by atoms with E-state index in [9.17, 15) is 14.7 Å². The van der Waals surface area contributed by atoms with Crippen molar-refractivity contribution >= 4 is 11.9 Å². The molecular weight excluding hydrogens is 548 g/mol. The highest BCUT2D eigenvalue weighted by Crippen LogP contribution is 2.09. The minimum absolute atomic E-state index is 0.144. The summed E-state index contributed by atoms with van der Waals surface area (Å²) in [4.78, 5) is 23.8. The van der Waals surface area contributed by atoms with E-state index in [-0.39, 0.29) is 25.2 Å². The first-order valence-electron chi connectivity index (χ1n) is 17.1. The van der Waals surface area contributed by atoms with Gasteiger partial charge in [0.05, 0.1) is 0 Å². The Hall–Kier alpha value is -2.92. The van der Waals surface area contributed by atoms with E-state index in [1.165, 1.54) is 6.42 Å². The Morgan fingerprint density at radius 3 is 1.23 bits per heavy atom. The highest BCUT2D eigenvalue weighted by Gasteiger charge is 2.12. The molecule has 0 bridgehead atoms. The van der Waals surface area contributed by atoms with Gasteiger partial charge in [0.2, 0.25) is 0 Å². The highest BCUT2D eigenvalue weighted by molar-refractivity contribution is 5.69. The van der Waals surface area contributed by atoms with Gasteiger partial charge in [0.25, 0.3) is 0 Å². The van der Waals surface area contributed by atoms with Crippen molar-refractivity contribution in [1.29, 1.82) is 0 Å². The maximum absolute atomic E-state index is 11.9. The number of rotatable bonds is 29. The average Bonchev–Trinajstić information content (AvgIpc) is 3.02. The third kappa shape index (κ3) is 33.6. The smallest absolute Gasteiger partial charge is 0.305 e. The predicted molar refractivity (Wildman–Crippen MR) is 186 cm³/mol. The maximum atomic E-state index is 11.9. The van der Waals surface area contributed by atoms with Gasteiger partial charge in [-0.2, -0.15) is 0 Å². The van der Waals surface area contributed by atoms with Crippen molar-refractivity contribution in [2.75, 3.05) is 13.2 Å². The van der Waals surface area contributed by atoms with E-state index in [1.807, 2.05) is 0 Å². The van der Waals surface area contributed by atoms with Crippen LogP contribution in [0.5, 0.6) is 0 Å². The number of carbonyl (C=O) groups is 2. The average molecular weight is 611 g/mol. The largest absolute Gasteiger partial charge is 0.463 e. The lowest BCUT2D eigenvalue weighted by Crippen LogP contribution is -2.25. The second kappa shape index (κ2) is 34.6.